The van der Waals surface area contributed by atoms with E-state index in [0.717, 1.165) is 21.9 Å². The predicted octanol–water partition coefficient (Wildman–Crippen LogP) is 4.77. The van der Waals surface area contributed by atoms with E-state index in [4.69, 9.17) is 14.3 Å². The molecule has 1 aromatic heterocycles. The first-order valence-corrected chi connectivity index (χ1v) is 9.31. The van der Waals surface area contributed by atoms with E-state index in [-0.39, 0.29) is 12.0 Å². The van der Waals surface area contributed by atoms with Gasteiger partial charge in [0.2, 0.25) is 0 Å². The highest BCUT2D eigenvalue weighted by atomic mass is 16.5. The highest BCUT2D eigenvalue weighted by Gasteiger charge is 2.18. The van der Waals surface area contributed by atoms with Crippen molar-refractivity contribution in [1.29, 1.82) is 0 Å². The summed E-state index contributed by atoms with van der Waals surface area (Å²) < 4.78 is 11.5. The van der Waals surface area contributed by atoms with E-state index in [9.17, 15) is 9.59 Å². The fourth-order valence-corrected chi connectivity index (χ4v) is 3.60. The molecule has 0 aliphatic carbocycles. The maximum absolute atomic E-state index is 12.2. The van der Waals surface area contributed by atoms with Gasteiger partial charge in [-0.15, -0.1) is 0 Å². The number of aryl methyl sites for hydroxylation is 2. The van der Waals surface area contributed by atoms with Gasteiger partial charge in [0.05, 0.1) is 17.4 Å². The van der Waals surface area contributed by atoms with Crippen molar-refractivity contribution in [3.05, 3.63) is 87.3 Å². The number of carbonyl (C=O) groups is 1. The van der Waals surface area contributed by atoms with Crippen LogP contribution < -0.4 is 10.4 Å². The van der Waals surface area contributed by atoms with E-state index in [0.29, 0.717) is 28.9 Å². The summed E-state index contributed by atoms with van der Waals surface area (Å²) in [6.45, 7) is 3.97. The maximum Gasteiger partial charge on any atom is 0.340 e. The van der Waals surface area contributed by atoms with Gasteiger partial charge in [0, 0.05) is 0 Å². The lowest BCUT2D eigenvalue weighted by molar-refractivity contribution is -0.136. The molecule has 5 nitrogen and oxygen atoms in total. The van der Waals surface area contributed by atoms with Crippen LogP contribution in [0.2, 0.25) is 0 Å². The van der Waals surface area contributed by atoms with Gasteiger partial charge in [0.25, 0.3) is 0 Å². The van der Waals surface area contributed by atoms with Crippen LogP contribution >= 0.6 is 0 Å². The Bertz CT molecular complexity index is 1300. The third kappa shape index (κ3) is 3.72. The van der Waals surface area contributed by atoms with Gasteiger partial charge in [-0.1, -0.05) is 36.4 Å². The molecular weight excluding hydrogens is 368 g/mol. The minimum atomic E-state index is -1.08. The Morgan fingerprint density at radius 2 is 1.79 bits per heavy atom. The average Bonchev–Trinajstić information content (AvgIpc) is 2.68. The molecule has 0 radical (unpaired) electrons. The van der Waals surface area contributed by atoms with Crippen molar-refractivity contribution in [2.45, 2.75) is 26.9 Å². The second-order valence-electron chi connectivity index (χ2n) is 7.17. The van der Waals surface area contributed by atoms with Gasteiger partial charge in [-0.2, -0.15) is 0 Å². The zero-order valence-corrected chi connectivity index (χ0v) is 16.2. The minimum Gasteiger partial charge on any atom is -0.488 e. The Morgan fingerprint density at radius 3 is 2.55 bits per heavy atom. The molecule has 0 spiro atoms. The Balaban J connectivity index is 1.75. The van der Waals surface area contributed by atoms with Crippen LogP contribution in [0.1, 0.15) is 22.3 Å². The molecule has 0 amide bonds. The quantitative estimate of drug-likeness (QED) is 0.499. The Labute approximate surface area is 167 Å². The zero-order chi connectivity index (χ0) is 20.5. The van der Waals surface area contributed by atoms with E-state index in [1.54, 1.807) is 13.0 Å². The summed E-state index contributed by atoms with van der Waals surface area (Å²) in [6, 6.07) is 17.9. The number of rotatable bonds is 5. The van der Waals surface area contributed by atoms with Crippen LogP contribution in [0.5, 0.6) is 5.75 Å². The first-order valence-electron chi connectivity index (χ1n) is 9.31. The van der Waals surface area contributed by atoms with Gasteiger partial charge in [0.15, 0.2) is 0 Å². The van der Waals surface area contributed by atoms with Crippen LogP contribution in [0.15, 0.2) is 63.8 Å². The van der Waals surface area contributed by atoms with E-state index in [1.165, 1.54) is 0 Å². The lowest BCUT2D eigenvalue weighted by Crippen LogP contribution is -2.15. The number of ether oxygens (including phenoxy) is 1. The highest BCUT2D eigenvalue weighted by molar-refractivity contribution is 5.89. The van der Waals surface area contributed by atoms with E-state index < -0.39 is 11.6 Å². The lowest BCUT2D eigenvalue weighted by Gasteiger charge is -2.14. The zero-order valence-electron chi connectivity index (χ0n) is 16.2. The van der Waals surface area contributed by atoms with Crippen LogP contribution in [0.3, 0.4) is 0 Å². The summed E-state index contributed by atoms with van der Waals surface area (Å²) in [6.07, 6.45) is -0.387. The first-order chi connectivity index (χ1) is 13.9. The van der Waals surface area contributed by atoms with Crippen molar-refractivity contribution >= 4 is 27.7 Å². The number of hydrogen-bond donors (Lipinski definition) is 1. The van der Waals surface area contributed by atoms with Gasteiger partial charge in [-0.25, -0.2) is 4.79 Å². The maximum atomic E-state index is 12.2. The molecule has 5 heteroatoms. The number of carboxylic acids is 1. The molecule has 0 atom stereocenters. The van der Waals surface area contributed by atoms with Crippen LogP contribution in [0.25, 0.3) is 21.7 Å². The van der Waals surface area contributed by atoms with Gasteiger partial charge >= 0.3 is 11.6 Å². The normalized spacial score (nSPS) is 11.1. The second kappa shape index (κ2) is 7.43. The molecule has 0 fully saturated rings. The molecule has 0 saturated heterocycles. The Morgan fingerprint density at radius 1 is 1.03 bits per heavy atom. The van der Waals surface area contributed by atoms with Crippen molar-refractivity contribution in [2.75, 3.05) is 0 Å². The number of carboxylic acid groups (broad SMARTS) is 1. The van der Waals surface area contributed by atoms with Crippen LogP contribution in [-0.2, 0) is 17.8 Å². The first kappa shape index (κ1) is 18.7. The molecule has 0 unspecified atom stereocenters. The largest absolute Gasteiger partial charge is 0.488 e. The molecule has 1 heterocycles. The summed E-state index contributed by atoms with van der Waals surface area (Å²) >= 11 is 0. The molecule has 0 bridgehead atoms. The third-order valence-corrected chi connectivity index (χ3v) is 5.02. The van der Waals surface area contributed by atoms with Crippen molar-refractivity contribution in [2.24, 2.45) is 0 Å². The van der Waals surface area contributed by atoms with E-state index in [2.05, 4.69) is 24.3 Å². The second-order valence-corrected chi connectivity index (χ2v) is 7.17. The van der Waals surface area contributed by atoms with Crippen LogP contribution in [0, 0.1) is 13.8 Å². The molecule has 1 N–H and O–H groups in total. The topological polar surface area (TPSA) is 76.7 Å². The minimum absolute atomic E-state index is 0.143. The Hall–Kier alpha value is -3.60. The highest BCUT2D eigenvalue weighted by Crippen LogP contribution is 2.32. The summed E-state index contributed by atoms with van der Waals surface area (Å²) in [5.41, 5.74) is 2.40. The molecule has 3 aromatic carbocycles. The third-order valence-electron chi connectivity index (χ3n) is 5.02. The standard InChI is InChI=1S/C24H20O5/c1-14-9-20(28-13-16-7-8-17-5-3-4-6-18(17)11-16)23-15(2)19(12-22(25)26)24(27)29-21(23)10-14/h3-11H,12-13H2,1-2H3,(H,25,26). The number of aliphatic carboxylic acids is 1. The molecule has 4 aromatic rings. The van der Waals surface area contributed by atoms with Crippen molar-refractivity contribution in [1.82, 2.24) is 0 Å². The smallest absolute Gasteiger partial charge is 0.340 e. The molecule has 0 aliphatic rings. The lowest BCUT2D eigenvalue weighted by atomic mass is 10.0. The summed E-state index contributed by atoms with van der Waals surface area (Å²) in [5, 5.41) is 12.1. The molecule has 4 rings (SSSR count). The molecule has 146 valence electrons. The fraction of sp³-hybridized carbons (Fsp3) is 0.167. The van der Waals surface area contributed by atoms with Gasteiger partial charge in [0.1, 0.15) is 17.9 Å². The van der Waals surface area contributed by atoms with Crippen LogP contribution in [0.4, 0.5) is 0 Å². The van der Waals surface area contributed by atoms with Gasteiger partial charge in [-0.05, 0) is 59.5 Å². The fourth-order valence-electron chi connectivity index (χ4n) is 3.60. The Kier molecular flexibility index (Phi) is 4.80. The SMILES string of the molecule is Cc1cc(OCc2ccc3ccccc3c2)c2c(C)c(CC(=O)O)c(=O)oc2c1. The van der Waals surface area contributed by atoms with Crippen LogP contribution in [-0.4, -0.2) is 11.1 Å². The van der Waals surface area contributed by atoms with Crippen molar-refractivity contribution < 1.29 is 19.1 Å². The number of fused-ring (bicyclic) bond motifs is 2. The summed E-state index contributed by atoms with van der Waals surface area (Å²) in [5.74, 6) is -0.508. The van der Waals surface area contributed by atoms with Crippen molar-refractivity contribution in [3.8, 4) is 5.75 Å². The number of hydrogen-bond acceptors (Lipinski definition) is 4. The molecular formula is C24H20O5. The van der Waals surface area contributed by atoms with Gasteiger partial charge < -0.3 is 14.3 Å². The summed E-state index contributed by atoms with van der Waals surface area (Å²) in [4.78, 5) is 23.4. The molecule has 0 saturated carbocycles. The number of benzene rings is 3. The van der Waals surface area contributed by atoms with E-state index >= 15 is 0 Å². The molecule has 0 aliphatic heterocycles. The van der Waals surface area contributed by atoms with Gasteiger partial charge in [-0.3, -0.25) is 4.79 Å². The molecule has 29 heavy (non-hydrogen) atoms. The monoisotopic (exact) mass is 388 g/mol. The predicted molar refractivity (Wildman–Crippen MR) is 112 cm³/mol. The van der Waals surface area contributed by atoms with Crippen molar-refractivity contribution in [3.63, 3.8) is 0 Å². The van der Waals surface area contributed by atoms with E-state index in [1.807, 2.05) is 31.2 Å². The summed E-state index contributed by atoms with van der Waals surface area (Å²) in [7, 11) is 0. The average molecular weight is 388 g/mol.